The van der Waals surface area contributed by atoms with Crippen LogP contribution in [0, 0.1) is 0 Å². The summed E-state index contributed by atoms with van der Waals surface area (Å²) in [5.74, 6) is 0.170. The molecule has 0 aliphatic carbocycles. The smallest absolute Gasteiger partial charge is 0.459 e. The van der Waals surface area contributed by atoms with Crippen molar-refractivity contribution in [1.29, 1.82) is 0 Å². The van der Waals surface area contributed by atoms with E-state index in [4.69, 9.17) is 23.3 Å². The van der Waals surface area contributed by atoms with Gasteiger partial charge >= 0.3 is 13.7 Å². The number of anilines is 1. The zero-order chi connectivity index (χ0) is 33.9. The second-order valence-corrected chi connectivity index (χ2v) is 13.8. The molecule has 4 N–H and O–H groups in total. The van der Waals surface area contributed by atoms with Crippen LogP contribution < -0.4 is 19.7 Å². The van der Waals surface area contributed by atoms with Gasteiger partial charge in [-0.1, -0.05) is 55.7 Å². The maximum atomic E-state index is 14.4. The summed E-state index contributed by atoms with van der Waals surface area (Å²) < 4.78 is 45.4. The quantitative estimate of drug-likeness (QED) is 0.178. The van der Waals surface area contributed by atoms with Gasteiger partial charge in [0.2, 0.25) is 11.8 Å². The molecule has 15 nitrogen and oxygen atoms in total. The van der Waals surface area contributed by atoms with Gasteiger partial charge in [-0.25, -0.2) is 9.55 Å². The molecule has 2 aromatic heterocycles. The standard InChI is InChI=1S/C32H41N6O9P/c1-20-29(40)44-17-10-6-4-5-9-16-43-28-25-27(35-31(33-3)36-28)38(19-34-25)30-32(2,41)26(39)24(46-30)18-45-48(42,37-20)47-23-15-11-13-21-12-7-8-14-22(21)23/h7-8,11-15,19-20,24,26,30,39,41H,4-6,9-10,16-18H2,1-3H3,(H,37,42)(H,33,35,36)/t20-,24?,26+,30?,32+,48?/m0/s1. The fourth-order valence-electron chi connectivity index (χ4n) is 5.81. The number of hydrogen-bond donors (Lipinski definition) is 4. The third kappa shape index (κ3) is 7.12. The number of aliphatic hydroxyl groups excluding tert-OH is 1. The molecule has 3 unspecified atom stereocenters. The van der Waals surface area contributed by atoms with Gasteiger partial charge in [-0.05, 0) is 38.1 Å². The number of esters is 1. The summed E-state index contributed by atoms with van der Waals surface area (Å²) in [5, 5.41) is 29.9. The van der Waals surface area contributed by atoms with Crippen molar-refractivity contribution in [2.24, 2.45) is 0 Å². The highest BCUT2D eigenvalue weighted by Crippen LogP contribution is 2.48. The fourth-order valence-corrected chi connectivity index (χ4v) is 7.33. The maximum Gasteiger partial charge on any atom is 0.459 e. The van der Waals surface area contributed by atoms with E-state index in [1.54, 1.807) is 19.2 Å². The number of aliphatic hydroxyl groups is 2. The number of fused-ring (bicyclic) bond motifs is 4. The van der Waals surface area contributed by atoms with Gasteiger partial charge in [0.05, 0.1) is 26.1 Å². The zero-order valence-electron chi connectivity index (χ0n) is 27.1. The van der Waals surface area contributed by atoms with Gasteiger partial charge in [0.15, 0.2) is 17.4 Å². The molecular weight excluding hydrogens is 643 g/mol. The second-order valence-electron chi connectivity index (χ2n) is 12.1. The number of nitrogens with zero attached hydrogens (tertiary/aromatic N) is 4. The Morgan fingerprint density at radius 2 is 1.79 bits per heavy atom. The van der Waals surface area contributed by atoms with Crippen molar-refractivity contribution in [2.75, 3.05) is 32.2 Å². The van der Waals surface area contributed by atoms with Gasteiger partial charge in [-0.2, -0.15) is 15.1 Å². The number of ether oxygens (including phenoxy) is 3. The molecule has 2 aliphatic heterocycles. The lowest BCUT2D eigenvalue weighted by Gasteiger charge is -2.27. The molecule has 2 aliphatic rings. The molecule has 2 aromatic carbocycles. The third-order valence-electron chi connectivity index (χ3n) is 8.47. The Hall–Kier alpha value is -3.85. The predicted octanol–water partition coefficient (Wildman–Crippen LogP) is 4.10. The third-order valence-corrected chi connectivity index (χ3v) is 10.1. The highest BCUT2D eigenvalue weighted by Gasteiger charge is 2.54. The highest BCUT2D eigenvalue weighted by molar-refractivity contribution is 7.52. The number of hydrogen-bond acceptors (Lipinski definition) is 13. The van der Waals surface area contributed by atoms with E-state index in [-0.39, 0.29) is 24.2 Å². The van der Waals surface area contributed by atoms with Crippen molar-refractivity contribution in [3.05, 3.63) is 48.8 Å². The van der Waals surface area contributed by atoms with E-state index in [1.165, 1.54) is 24.7 Å². The SMILES string of the molecule is CNc1nc2c3ncn(c3n1)C1OC(COP(=O)(Oc3cccc4ccccc34)N[C@@H](C)C(=O)OCCCCCCCO2)[C@@H](O)[C@@]1(C)O. The first-order valence-electron chi connectivity index (χ1n) is 16.1. The first-order chi connectivity index (χ1) is 23.1. The summed E-state index contributed by atoms with van der Waals surface area (Å²) in [4.78, 5) is 26.3. The highest BCUT2D eigenvalue weighted by atomic mass is 31.2. The van der Waals surface area contributed by atoms with Crippen LogP contribution in [0.15, 0.2) is 48.8 Å². The number of benzene rings is 2. The first-order valence-corrected chi connectivity index (χ1v) is 17.6. The maximum absolute atomic E-state index is 14.4. The van der Waals surface area contributed by atoms with E-state index >= 15 is 0 Å². The molecule has 16 heteroatoms. The molecule has 1 fully saturated rings. The van der Waals surface area contributed by atoms with Crippen molar-refractivity contribution in [2.45, 2.75) is 76.0 Å². The van der Waals surface area contributed by atoms with E-state index in [0.717, 1.165) is 31.1 Å². The van der Waals surface area contributed by atoms with E-state index in [9.17, 15) is 19.6 Å². The average Bonchev–Trinajstić information content (AvgIpc) is 3.59. The van der Waals surface area contributed by atoms with Crippen LogP contribution in [0.2, 0.25) is 0 Å². The molecule has 4 aromatic rings. The normalized spacial score (nSPS) is 29.5. The first kappa shape index (κ1) is 34.0. The lowest BCUT2D eigenvalue weighted by molar-refractivity contribution is -0.145. The van der Waals surface area contributed by atoms with Gasteiger partial charge < -0.3 is 34.3 Å². The summed E-state index contributed by atoms with van der Waals surface area (Å²) in [7, 11) is -2.68. The van der Waals surface area contributed by atoms with Crippen LogP contribution in [0.1, 0.15) is 52.2 Å². The summed E-state index contributed by atoms with van der Waals surface area (Å²) in [6.07, 6.45) is 1.62. The van der Waals surface area contributed by atoms with Gasteiger partial charge in [-0.3, -0.25) is 13.9 Å². The molecular formula is C32H41N6O9P. The van der Waals surface area contributed by atoms with Crippen molar-refractivity contribution in [1.82, 2.24) is 24.6 Å². The minimum absolute atomic E-state index is 0.198. The summed E-state index contributed by atoms with van der Waals surface area (Å²) >= 11 is 0. The summed E-state index contributed by atoms with van der Waals surface area (Å²) in [6.45, 7) is 3.03. The molecule has 0 saturated carbocycles. The zero-order valence-corrected chi connectivity index (χ0v) is 28.0. The second kappa shape index (κ2) is 14.3. The van der Waals surface area contributed by atoms with Crippen LogP contribution in [-0.4, -0.2) is 86.4 Å². The Balaban J connectivity index is 1.32. The van der Waals surface area contributed by atoms with Crippen LogP contribution in [-0.2, 0) is 23.4 Å². The number of rotatable bonds is 3. The number of imidazole rings is 1. The van der Waals surface area contributed by atoms with Crippen LogP contribution in [0.3, 0.4) is 0 Å². The number of aromatic nitrogens is 4. The van der Waals surface area contributed by atoms with Crippen LogP contribution in [0.25, 0.3) is 21.9 Å². The number of nitrogens with one attached hydrogen (secondary N) is 2. The fraction of sp³-hybridized carbons (Fsp3) is 0.500. The molecule has 0 spiro atoms. The van der Waals surface area contributed by atoms with Gasteiger partial charge in [0, 0.05) is 12.4 Å². The van der Waals surface area contributed by atoms with Crippen LogP contribution in [0.4, 0.5) is 5.95 Å². The van der Waals surface area contributed by atoms with Crippen LogP contribution >= 0.6 is 7.75 Å². The largest absolute Gasteiger partial charge is 0.476 e. The van der Waals surface area contributed by atoms with E-state index in [1.807, 2.05) is 30.3 Å². The van der Waals surface area contributed by atoms with Crippen molar-refractivity contribution < 1.29 is 42.8 Å². The van der Waals surface area contributed by atoms with E-state index in [0.29, 0.717) is 29.6 Å². The lowest BCUT2D eigenvalue weighted by Crippen LogP contribution is -2.44. The minimum atomic E-state index is -4.35. The molecule has 0 amide bonds. The van der Waals surface area contributed by atoms with Gasteiger partial charge in [0.25, 0.3) is 0 Å². The lowest BCUT2D eigenvalue weighted by atomic mass is 9.96. The van der Waals surface area contributed by atoms with Crippen molar-refractivity contribution in [3.8, 4) is 11.6 Å². The monoisotopic (exact) mass is 684 g/mol. The van der Waals surface area contributed by atoms with Crippen LogP contribution in [0.5, 0.6) is 11.6 Å². The Morgan fingerprint density at radius 3 is 2.58 bits per heavy atom. The van der Waals surface area contributed by atoms with Crippen molar-refractivity contribution >= 4 is 41.6 Å². The minimum Gasteiger partial charge on any atom is -0.476 e. The summed E-state index contributed by atoms with van der Waals surface area (Å²) in [5.41, 5.74) is -1.20. The molecule has 1 saturated heterocycles. The molecule has 258 valence electrons. The molecule has 6 bridgehead atoms. The van der Waals surface area contributed by atoms with Crippen molar-refractivity contribution in [3.63, 3.8) is 0 Å². The van der Waals surface area contributed by atoms with E-state index < -0.39 is 50.4 Å². The Kier molecular flexibility index (Phi) is 10.2. The van der Waals surface area contributed by atoms with E-state index in [2.05, 4.69) is 25.4 Å². The average molecular weight is 685 g/mol. The molecule has 4 heterocycles. The summed E-state index contributed by atoms with van der Waals surface area (Å²) in [6, 6.07) is 11.6. The Labute approximate surface area is 277 Å². The molecule has 48 heavy (non-hydrogen) atoms. The molecule has 6 rings (SSSR count). The number of carbonyl (C=O) groups is 1. The molecule has 6 atom stereocenters. The Bertz CT molecular complexity index is 1800. The molecule has 0 radical (unpaired) electrons. The van der Waals surface area contributed by atoms with Gasteiger partial charge in [0.1, 0.15) is 29.6 Å². The number of cyclic esters (lactones) is 1. The number of carbonyl (C=O) groups excluding carboxylic acids is 1. The van der Waals surface area contributed by atoms with Gasteiger partial charge in [-0.15, -0.1) is 0 Å². The topological polar surface area (TPSA) is 188 Å². The predicted molar refractivity (Wildman–Crippen MR) is 176 cm³/mol. The Morgan fingerprint density at radius 1 is 1.06 bits per heavy atom.